The Labute approximate surface area is 101 Å². The van der Waals surface area contributed by atoms with E-state index in [0.717, 1.165) is 19.1 Å². The standard InChI is InChI=1S/C12H11F4NO/c1-11(7-4-2-3-5-8(7)13)12(15,16)6-9(14)10(18)17-11/h2-5,9H,6H2,1H3,(H,17,18)/t9-,11+/m0/s1. The number of alkyl halides is 3. The van der Waals surface area contributed by atoms with E-state index >= 15 is 0 Å². The lowest BCUT2D eigenvalue weighted by Crippen LogP contribution is -2.63. The van der Waals surface area contributed by atoms with Crippen LogP contribution >= 0.6 is 0 Å². The van der Waals surface area contributed by atoms with E-state index in [9.17, 15) is 22.4 Å². The summed E-state index contributed by atoms with van der Waals surface area (Å²) in [6.45, 7) is 0.995. The Hall–Kier alpha value is -1.59. The van der Waals surface area contributed by atoms with Crippen LogP contribution in [0, 0.1) is 5.82 Å². The highest BCUT2D eigenvalue weighted by Gasteiger charge is 2.59. The fourth-order valence-corrected chi connectivity index (χ4v) is 2.07. The number of amides is 1. The molecule has 0 spiro atoms. The predicted molar refractivity (Wildman–Crippen MR) is 56.4 cm³/mol. The molecule has 18 heavy (non-hydrogen) atoms. The van der Waals surface area contributed by atoms with Crippen molar-refractivity contribution < 1.29 is 22.4 Å². The van der Waals surface area contributed by atoms with Crippen LogP contribution in [-0.4, -0.2) is 18.0 Å². The molecule has 1 aliphatic heterocycles. The monoisotopic (exact) mass is 261 g/mol. The number of benzene rings is 1. The molecule has 1 heterocycles. The Morgan fingerprint density at radius 1 is 1.33 bits per heavy atom. The Kier molecular flexibility index (Phi) is 2.83. The highest BCUT2D eigenvalue weighted by Crippen LogP contribution is 2.44. The van der Waals surface area contributed by atoms with Gasteiger partial charge in [0.25, 0.3) is 11.8 Å². The number of halogens is 4. The maximum Gasteiger partial charge on any atom is 0.277 e. The van der Waals surface area contributed by atoms with Crippen LogP contribution in [0.4, 0.5) is 17.6 Å². The minimum Gasteiger partial charge on any atom is -0.338 e. The average molecular weight is 261 g/mol. The van der Waals surface area contributed by atoms with E-state index in [4.69, 9.17) is 0 Å². The first-order valence-electron chi connectivity index (χ1n) is 5.37. The number of carbonyl (C=O) groups is 1. The van der Waals surface area contributed by atoms with Gasteiger partial charge in [0.2, 0.25) is 0 Å². The fourth-order valence-electron chi connectivity index (χ4n) is 2.07. The molecular weight excluding hydrogens is 250 g/mol. The summed E-state index contributed by atoms with van der Waals surface area (Å²) < 4.78 is 54.5. The molecule has 6 heteroatoms. The number of hydrogen-bond donors (Lipinski definition) is 1. The third-order valence-electron chi connectivity index (χ3n) is 3.24. The van der Waals surface area contributed by atoms with E-state index in [1.165, 1.54) is 12.1 Å². The summed E-state index contributed by atoms with van der Waals surface area (Å²) in [6.07, 6.45) is -3.52. The molecule has 2 atom stereocenters. The van der Waals surface area contributed by atoms with Gasteiger partial charge in [-0.25, -0.2) is 17.6 Å². The van der Waals surface area contributed by atoms with Gasteiger partial charge in [0.15, 0.2) is 6.17 Å². The summed E-state index contributed by atoms with van der Waals surface area (Å²) in [4.78, 5) is 11.2. The molecule has 1 fully saturated rings. The lowest BCUT2D eigenvalue weighted by atomic mass is 9.79. The molecule has 1 N–H and O–H groups in total. The van der Waals surface area contributed by atoms with Gasteiger partial charge in [-0.2, -0.15) is 0 Å². The SMILES string of the molecule is C[C@]1(c2ccccc2F)NC(=O)[C@@H](F)CC1(F)F. The number of piperidine rings is 1. The molecule has 2 rings (SSSR count). The van der Waals surface area contributed by atoms with Crippen molar-refractivity contribution in [2.24, 2.45) is 0 Å². The van der Waals surface area contributed by atoms with Crippen LogP contribution in [0.2, 0.25) is 0 Å². The maximum absolute atomic E-state index is 13.9. The zero-order chi connectivity index (χ0) is 13.6. The molecule has 0 radical (unpaired) electrons. The Balaban J connectivity index is 2.52. The van der Waals surface area contributed by atoms with E-state index < -0.39 is 35.8 Å². The van der Waals surface area contributed by atoms with Crippen LogP contribution in [0.3, 0.4) is 0 Å². The van der Waals surface area contributed by atoms with Gasteiger partial charge in [-0.15, -0.1) is 0 Å². The smallest absolute Gasteiger partial charge is 0.277 e. The highest BCUT2D eigenvalue weighted by atomic mass is 19.3. The van der Waals surface area contributed by atoms with Crippen LogP contribution in [0.25, 0.3) is 0 Å². The predicted octanol–water partition coefficient (Wildman–Crippen LogP) is 2.53. The highest BCUT2D eigenvalue weighted by molar-refractivity contribution is 5.83. The fraction of sp³-hybridized carbons (Fsp3) is 0.417. The molecule has 1 amide bonds. The Morgan fingerprint density at radius 2 is 1.94 bits per heavy atom. The van der Waals surface area contributed by atoms with Crippen molar-refractivity contribution in [3.63, 3.8) is 0 Å². The van der Waals surface area contributed by atoms with Crippen molar-refractivity contribution in [1.82, 2.24) is 5.32 Å². The summed E-state index contributed by atoms with van der Waals surface area (Å²) >= 11 is 0. The molecule has 1 aromatic rings. The second-order valence-corrected chi connectivity index (χ2v) is 4.47. The van der Waals surface area contributed by atoms with Crippen LogP contribution in [0.5, 0.6) is 0 Å². The lowest BCUT2D eigenvalue weighted by molar-refractivity contribution is -0.161. The van der Waals surface area contributed by atoms with Crippen molar-refractivity contribution in [1.29, 1.82) is 0 Å². The van der Waals surface area contributed by atoms with Crippen molar-refractivity contribution in [2.75, 3.05) is 0 Å². The molecule has 0 aliphatic carbocycles. The first-order valence-corrected chi connectivity index (χ1v) is 5.37. The molecule has 0 unspecified atom stereocenters. The summed E-state index contributed by atoms with van der Waals surface area (Å²) in [7, 11) is 0. The van der Waals surface area contributed by atoms with Crippen LogP contribution in [-0.2, 0) is 10.3 Å². The van der Waals surface area contributed by atoms with Gasteiger partial charge in [0, 0.05) is 5.56 Å². The van der Waals surface area contributed by atoms with Gasteiger partial charge >= 0.3 is 0 Å². The summed E-state index contributed by atoms with van der Waals surface area (Å²) in [5, 5.41) is 1.89. The van der Waals surface area contributed by atoms with Crippen molar-refractivity contribution in [3.05, 3.63) is 35.6 Å². The van der Waals surface area contributed by atoms with Crippen molar-refractivity contribution in [3.8, 4) is 0 Å². The van der Waals surface area contributed by atoms with Gasteiger partial charge in [0.05, 0.1) is 6.42 Å². The van der Waals surface area contributed by atoms with E-state index in [0.29, 0.717) is 0 Å². The molecule has 98 valence electrons. The summed E-state index contributed by atoms with van der Waals surface area (Å²) in [5.74, 6) is -5.58. The Morgan fingerprint density at radius 3 is 2.56 bits per heavy atom. The maximum atomic E-state index is 13.9. The molecule has 2 nitrogen and oxygen atoms in total. The minimum atomic E-state index is -3.57. The second-order valence-electron chi connectivity index (χ2n) is 4.47. The van der Waals surface area contributed by atoms with Crippen LogP contribution in [0.1, 0.15) is 18.9 Å². The van der Waals surface area contributed by atoms with Gasteiger partial charge in [0.1, 0.15) is 11.4 Å². The third-order valence-corrected chi connectivity index (χ3v) is 3.24. The molecule has 0 saturated carbocycles. The summed E-state index contributed by atoms with van der Waals surface area (Å²) in [5.41, 5.74) is -2.59. The normalized spacial score (nSPS) is 30.9. The third kappa shape index (κ3) is 1.76. The lowest BCUT2D eigenvalue weighted by Gasteiger charge is -2.42. The quantitative estimate of drug-likeness (QED) is 0.773. The molecule has 1 aromatic carbocycles. The van der Waals surface area contributed by atoms with E-state index in [1.54, 1.807) is 0 Å². The Bertz CT molecular complexity index is 491. The van der Waals surface area contributed by atoms with Crippen LogP contribution in [0.15, 0.2) is 24.3 Å². The topological polar surface area (TPSA) is 29.1 Å². The summed E-state index contributed by atoms with van der Waals surface area (Å²) in [6, 6.07) is 4.91. The number of rotatable bonds is 1. The van der Waals surface area contributed by atoms with Gasteiger partial charge in [-0.3, -0.25) is 4.79 Å². The van der Waals surface area contributed by atoms with Crippen LogP contribution < -0.4 is 5.32 Å². The second kappa shape index (κ2) is 3.96. The molecule has 0 aromatic heterocycles. The van der Waals surface area contributed by atoms with Crippen molar-refractivity contribution >= 4 is 5.91 Å². The number of nitrogens with one attached hydrogen (secondary N) is 1. The number of carbonyl (C=O) groups excluding carboxylic acids is 1. The van der Waals surface area contributed by atoms with E-state index in [-0.39, 0.29) is 5.56 Å². The minimum absolute atomic E-state index is 0.352. The average Bonchev–Trinajstić information content (AvgIpc) is 2.26. The molecule has 1 aliphatic rings. The number of hydrogen-bond acceptors (Lipinski definition) is 1. The van der Waals surface area contributed by atoms with E-state index in [1.807, 2.05) is 5.32 Å². The van der Waals surface area contributed by atoms with Crippen molar-refractivity contribution in [2.45, 2.75) is 31.0 Å². The molecule has 1 saturated heterocycles. The first-order chi connectivity index (χ1) is 8.28. The molecular formula is C12H11F4NO. The first kappa shape index (κ1) is 12.9. The van der Waals surface area contributed by atoms with Gasteiger partial charge in [-0.1, -0.05) is 18.2 Å². The van der Waals surface area contributed by atoms with Gasteiger partial charge in [-0.05, 0) is 13.0 Å². The molecule has 0 bridgehead atoms. The largest absolute Gasteiger partial charge is 0.338 e. The zero-order valence-electron chi connectivity index (χ0n) is 9.51. The van der Waals surface area contributed by atoms with E-state index in [2.05, 4.69) is 0 Å². The zero-order valence-corrected chi connectivity index (χ0v) is 9.51. The van der Waals surface area contributed by atoms with Gasteiger partial charge < -0.3 is 5.32 Å².